The van der Waals surface area contributed by atoms with Gasteiger partial charge in [-0.2, -0.15) is 0 Å². The molecule has 0 aromatic rings. The number of ether oxygens (including phenoxy) is 1. The molecular formula is C7H14O3Si. The van der Waals surface area contributed by atoms with Gasteiger partial charge in [0, 0.05) is 0 Å². The van der Waals surface area contributed by atoms with Gasteiger partial charge >= 0.3 is 6.16 Å². The van der Waals surface area contributed by atoms with E-state index < -0.39 is 14.2 Å². The molecule has 0 bridgehead atoms. The highest BCUT2D eigenvalue weighted by atomic mass is 28.3. The van der Waals surface area contributed by atoms with Gasteiger partial charge in [-0.05, 0) is 0 Å². The lowest BCUT2D eigenvalue weighted by atomic mass is 10.7. The van der Waals surface area contributed by atoms with Gasteiger partial charge in [0.05, 0.1) is 8.07 Å². The Morgan fingerprint density at radius 2 is 2.09 bits per heavy atom. The van der Waals surface area contributed by atoms with Gasteiger partial charge in [-0.15, -0.1) is 0 Å². The zero-order valence-electron chi connectivity index (χ0n) is 7.13. The molecule has 0 aromatic heterocycles. The van der Waals surface area contributed by atoms with Crippen molar-refractivity contribution in [2.45, 2.75) is 25.4 Å². The van der Waals surface area contributed by atoms with Crippen molar-refractivity contribution in [3.8, 4) is 0 Å². The lowest BCUT2D eigenvalue weighted by Crippen LogP contribution is -2.39. The average molecular weight is 174 g/mol. The van der Waals surface area contributed by atoms with E-state index in [4.69, 9.17) is 5.11 Å². The van der Waals surface area contributed by atoms with Gasteiger partial charge in [-0.1, -0.05) is 32.3 Å². The molecule has 0 aliphatic carbocycles. The standard InChI is InChI=1S/C7H14O3Si/c1-5-6(10-7(8)9)11(2,3)4/h5-6H,1H2,2-4H3,(H,8,9). The summed E-state index contributed by atoms with van der Waals surface area (Å²) in [7, 11) is -1.57. The van der Waals surface area contributed by atoms with Crippen molar-refractivity contribution in [2.75, 3.05) is 0 Å². The molecular weight excluding hydrogens is 160 g/mol. The molecule has 0 fully saturated rings. The van der Waals surface area contributed by atoms with Gasteiger partial charge in [-0.25, -0.2) is 4.79 Å². The van der Waals surface area contributed by atoms with Crippen LogP contribution in [0.25, 0.3) is 0 Å². The molecule has 0 saturated carbocycles. The maximum absolute atomic E-state index is 10.2. The largest absolute Gasteiger partial charge is 0.506 e. The van der Waals surface area contributed by atoms with Crippen molar-refractivity contribution < 1.29 is 14.6 Å². The Kier molecular flexibility index (Phi) is 3.32. The quantitative estimate of drug-likeness (QED) is 0.405. The van der Waals surface area contributed by atoms with E-state index >= 15 is 0 Å². The monoisotopic (exact) mass is 174 g/mol. The summed E-state index contributed by atoms with van der Waals surface area (Å²) in [5.41, 5.74) is -0.306. The van der Waals surface area contributed by atoms with Crippen molar-refractivity contribution in [1.82, 2.24) is 0 Å². The van der Waals surface area contributed by atoms with E-state index in [1.54, 1.807) is 6.08 Å². The van der Waals surface area contributed by atoms with Crippen LogP contribution in [0.4, 0.5) is 4.79 Å². The Balaban J connectivity index is 4.18. The van der Waals surface area contributed by atoms with Gasteiger partial charge in [0.1, 0.15) is 5.73 Å². The van der Waals surface area contributed by atoms with Crippen LogP contribution in [-0.4, -0.2) is 25.1 Å². The third kappa shape index (κ3) is 3.82. The van der Waals surface area contributed by atoms with E-state index in [-0.39, 0.29) is 5.73 Å². The topological polar surface area (TPSA) is 46.5 Å². The molecule has 0 spiro atoms. The first-order chi connectivity index (χ1) is 4.88. The molecule has 4 heteroatoms. The zero-order chi connectivity index (χ0) is 9.07. The molecule has 0 radical (unpaired) electrons. The first kappa shape index (κ1) is 10.2. The smallest absolute Gasteiger partial charge is 0.450 e. The Labute approximate surface area is 67.7 Å². The minimum Gasteiger partial charge on any atom is -0.450 e. The molecule has 0 aliphatic rings. The summed E-state index contributed by atoms with van der Waals surface area (Å²) in [6, 6.07) is 0. The third-order valence-corrected chi connectivity index (χ3v) is 3.36. The van der Waals surface area contributed by atoms with Crippen LogP contribution < -0.4 is 0 Å². The lowest BCUT2D eigenvalue weighted by molar-refractivity contribution is 0.0888. The summed E-state index contributed by atoms with van der Waals surface area (Å²) >= 11 is 0. The summed E-state index contributed by atoms with van der Waals surface area (Å²) in [5, 5.41) is 8.33. The second-order valence-corrected chi connectivity index (χ2v) is 8.71. The summed E-state index contributed by atoms with van der Waals surface area (Å²) < 4.78 is 4.62. The van der Waals surface area contributed by atoms with Crippen LogP contribution in [0, 0.1) is 0 Å². The van der Waals surface area contributed by atoms with Gasteiger partial charge in [0.25, 0.3) is 0 Å². The van der Waals surface area contributed by atoms with Crippen LogP contribution in [-0.2, 0) is 4.74 Å². The number of rotatable bonds is 3. The highest BCUT2D eigenvalue weighted by molar-refractivity contribution is 6.77. The SMILES string of the molecule is C=CC(OC(=O)O)[Si](C)(C)C. The maximum Gasteiger partial charge on any atom is 0.506 e. The lowest BCUT2D eigenvalue weighted by Gasteiger charge is -2.23. The molecule has 0 aromatic carbocycles. The van der Waals surface area contributed by atoms with Crippen LogP contribution in [0.5, 0.6) is 0 Å². The molecule has 0 heterocycles. The molecule has 11 heavy (non-hydrogen) atoms. The van der Waals surface area contributed by atoms with Crippen LogP contribution in [0.2, 0.25) is 19.6 Å². The van der Waals surface area contributed by atoms with Crippen molar-refractivity contribution in [3.63, 3.8) is 0 Å². The summed E-state index contributed by atoms with van der Waals surface area (Å²) in [6.07, 6.45) is 0.331. The van der Waals surface area contributed by atoms with Gasteiger partial charge in [-0.3, -0.25) is 0 Å². The molecule has 3 nitrogen and oxygen atoms in total. The van der Waals surface area contributed by atoms with Gasteiger partial charge in [0.2, 0.25) is 0 Å². The minimum atomic E-state index is -1.57. The van der Waals surface area contributed by atoms with Crippen molar-refractivity contribution in [1.29, 1.82) is 0 Å². The molecule has 64 valence electrons. The normalized spacial score (nSPS) is 13.7. The summed E-state index contributed by atoms with van der Waals surface area (Å²) in [5.74, 6) is 0. The van der Waals surface area contributed by atoms with E-state index in [2.05, 4.69) is 11.3 Å². The van der Waals surface area contributed by atoms with Crippen LogP contribution in [0.3, 0.4) is 0 Å². The fourth-order valence-electron chi connectivity index (χ4n) is 0.687. The van der Waals surface area contributed by atoms with Gasteiger partial charge < -0.3 is 9.84 Å². The summed E-state index contributed by atoms with van der Waals surface area (Å²) in [6.45, 7) is 9.62. The molecule has 0 saturated heterocycles. The molecule has 1 unspecified atom stereocenters. The Hall–Kier alpha value is -0.773. The van der Waals surface area contributed by atoms with Crippen LogP contribution in [0.1, 0.15) is 0 Å². The third-order valence-electron chi connectivity index (χ3n) is 1.30. The predicted molar refractivity (Wildman–Crippen MR) is 46.4 cm³/mol. The Morgan fingerprint density at radius 3 is 2.18 bits per heavy atom. The van der Waals surface area contributed by atoms with Crippen LogP contribution in [0.15, 0.2) is 12.7 Å². The van der Waals surface area contributed by atoms with Crippen molar-refractivity contribution in [3.05, 3.63) is 12.7 Å². The predicted octanol–water partition coefficient (Wildman–Crippen LogP) is 2.11. The summed E-state index contributed by atoms with van der Waals surface area (Å²) in [4.78, 5) is 10.2. The van der Waals surface area contributed by atoms with Crippen molar-refractivity contribution in [2.24, 2.45) is 0 Å². The molecule has 0 rings (SSSR count). The molecule has 0 amide bonds. The van der Waals surface area contributed by atoms with E-state index in [1.807, 2.05) is 19.6 Å². The second kappa shape index (κ2) is 3.57. The van der Waals surface area contributed by atoms with E-state index in [0.29, 0.717) is 0 Å². The van der Waals surface area contributed by atoms with E-state index in [0.717, 1.165) is 0 Å². The zero-order valence-corrected chi connectivity index (χ0v) is 8.13. The second-order valence-electron chi connectivity index (χ2n) is 3.41. The van der Waals surface area contributed by atoms with E-state index in [1.165, 1.54) is 0 Å². The highest BCUT2D eigenvalue weighted by Gasteiger charge is 2.27. The number of hydrogen-bond acceptors (Lipinski definition) is 2. The first-order valence-corrected chi connectivity index (χ1v) is 6.98. The van der Waals surface area contributed by atoms with Crippen molar-refractivity contribution >= 4 is 14.2 Å². The molecule has 1 N–H and O–H groups in total. The first-order valence-electron chi connectivity index (χ1n) is 3.40. The molecule has 1 atom stereocenters. The number of carboxylic acid groups (broad SMARTS) is 1. The highest BCUT2D eigenvalue weighted by Crippen LogP contribution is 2.12. The fraction of sp³-hybridized carbons (Fsp3) is 0.571. The van der Waals surface area contributed by atoms with E-state index in [9.17, 15) is 4.79 Å². The Morgan fingerprint density at radius 1 is 1.64 bits per heavy atom. The minimum absolute atomic E-state index is 0.306. The van der Waals surface area contributed by atoms with Gasteiger partial charge in [0.15, 0.2) is 0 Å². The number of carbonyl (C=O) groups is 1. The number of hydrogen-bond donors (Lipinski definition) is 1. The van der Waals surface area contributed by atoms with Crippen LogP contribution >= 0.6 is 0 Å². The average Bonchev–Trinajstić information content (AvgIpc) is 1.79. The Bertz CT molecular complexity index is 160. The fourth-order valence-corrected chi connectivity index (χ4v) is 1.85. The maximum atomic E-state index is 10.2. The molecule has 0 aliphatic heterocycles.